The molecular weight excluding hydrogens is 451 g/mol. The van der Waals surface area contributed by atoms with Gasteiger partial charge in [-0.25, -0.2) is 9.67 Å². The molecule has 0 spiro atoms. The predicted octanol–water partition coefficient (Wildman–Crippen LogP) is 4.15. The molecule has 0 amide bonds. The summed E-state index contributed by atoms with van der Waals surface area (Å²) in [5, 5.41) is 7.96. The fraction of sp³-hybridized carbons (Fsp3) is 0.174. The number of halogens is 3. The average Bonchev–Trinajstić information content (AvgIpc) is 3.19. The summed E-state index contributed by atoms with van der Waals surface area (Å²) in [6.45, 7) is 3.70. The van der Waals surface area contributed by atoms with E-state index in [2.05, 4.69) is 10.4 Å². The van der Waals surface area contributed by atoms with Crippen molar-refractivity contribution < 1.29 is 13.2 Å². The smallest absolute Gasteiger partial charge is 0.348 e. The molecule has 2 aromatic heterocycles. The van der Waals surface area contributed by atoms with Gasteiger partial charge in [-0.15, -0.1) is 0 Å². The third-order valence-corrected chi connectivity index (χ3v) is 6.33. The lowest BCUT2D eigenvalue weighted by molar-refractivity contribution is -0.137. The van der Waals surface area contributed by atoms with Crippen molar-refractivity contribution in [2.24, 2.45) is 4.99 Å². The second kappa shape index (κ2) is 7.73. The van der Waals surface area contributed by atoms with Crippen LogP contribution in [0.1, 0.15) is 29.9 Å². The maximum atomic E-state index is 13.2. The normalized spacial score (nSPS) is 15.9. The first kappa shape index (κ1) is 21.2. The summed E-state index contributed by atoms with van der Waals surface area (Å²) in [5.74, 6) is 0.690. The van der Waals surface area contributed by atoms with Crippen LogP contribution in [0.3, 0.4) is 0 Å². The first-order valence-electron chi connectivity index (χ1n) is 10.1. The van der Waals surface area contributed by atoms with Crippen molar-refractivity contribution in [1.82, 2.24) is 14.3 Å². The third kappa shape index (κ3) is 3.76. The van der Waals surface area contributed by atoms with Crippen molar-refractivity contribution in [3.8, 4) is 5.69 Å². The summed E-state index contributed by atoms with van der Waals surface area (Å²) < 4.78 is 42.2. The molecule has 1 aliphatic rings. The van der Waals surface area contributed by atoms with E-state index in [4.69, 9.17) is 4.99 Å². The predicted molar refractivity (Wildman–Crippen MR) is 121 cm³/mol. The van der Waals surface area contributed by atoms with E-state index in [1.165, 1.54) is 23.5 Å². The molecule has 5 rings (SSSR count). The molecule has 4 aromatic rings. The number of nitrogens with zero attached hydrogens (tertiary/aromatic N) is 4. The lowest BCUT2D eigenvalue weighted by Crippen LogP contribution is -2.36. The molecule has 10 heteroatoms. The molecule has 6 nitrogen and oxygen atoms in total. The molecule has 0 fully saturated rings. The Morgan fingerprint density at radius 2 is 1.79 bits per heavy atom. The number of hydrogen-bond donors (Lipinski definition) is 1. The Labute approximate surface area is 190 Å². The van der Waals surface area contributed by atoms with E-state index in [9.17, 15) is 18.0 Å². The largest absolute Gasteiger partial charge is 0.416 e. The first-order valence-corrected chi connectivity index (χ1v) is 10.9. The maximum Gasteiger partial charge on any atom is 0.416 e. The monoisotopic (exact) mass is 469 g/mol. The van der Waals surface area contributed by atoms with Gasteiger partial charge < -0.3 is 5.32 Å². The van der Waals surface area contributed by atoms with E-state index in [0.29, 0.717) is 32.1 Å². The lowest BCUT2D eigenvalue weighted by Gasteiger charge is -2.15. The van der Waals surface area contributed by atoms with Gasteiger partial charge in [0.15, 0.2) is 10.6 Å². The second-order valence-electron chi connectivity index (χ2n) is 7.65. The summed E-state index contributed by atoms with van der Waals surface area (Å²) in [5.41, 5.74) is 1.72. The molecule has 1 atom stereocenters. The van der Waals surface area contributed by atoms with Crippen LogP contribution < -0.4 is 20.2 Å². The topological polar surface area (TPSA) is 64.2 Å². The SMILES string of the molecule is Cc1nn(-c2ccccc2)c2c1N=c1s/c(=C\c3ccc(C(F)(F)F)cc3)c(=O)n1C(C)N2. The van der Waals surface area contributed by atoms with Crippen LogP contribution >= 0.6 is 11.3 Å². The standard InChI is InChI=1S/C23H18F3N5OS/c1-13-19-20(31(29-13)17-6-4-3-5-7-17)27-14(2)30-21(32)18(33-22(30)28-19)12-15-8-10-16(11-9-15)23(24,25)26/h3-12,14,27H,1-2H3/b18-12-. The fourth-order valence-electron chi connectivity index (χ4n) is 3.72. The maximum absolute atomic E-state index is 13.2. The summed E-state index contributed by atoms with van der Waals surface area (Å²) >= 11 is 1.19. The van der Waals surface area contributed by atoms with Crippen molar-refractivity contribution in [1.29, 1.82) is 0 Å². The molecule has 1 unspecified atom stereocenters. The molecule has 168 valence electrons. The number of thiazole rings is 1. The van der Waals surface area contributed by atoms with Gasteiger partial charge in [0, 0.05) is 0 Å². The number of para-hydroxylation sites is 1. The number of fused-ring (bicyclic) bond motifs is 2. The van der Waals surface area contributed by atoms with Crippen LogP contribution in [-0.2, 0) is 6.18 Å². The van der Waals surface area contributed by atoms with Gasteiger partial charge in [0.05, 0.1) is 21.5 Å². The molecule has 0 aliphatic carbocycles. The number of alkyl halides is 3. The Bertz CT molecular complexity index is 1520. The second-order valence-corrected chi connectivity index (χ2v) is 8.66. The highest BCUT2D eigenvalue weighted by Crippen LogP contribution is 2.34. The number of anilines is 1. The number of benzene rings is 2. The van der Waals surface area contributed by atoms with E-state index < -0.39 is 17.9 Å². The number of nitrogens with one attached hydrogen (secondary N) is 1. The Morgan fingerprint density at radius 3 is 2.45 bits per heavy atom. The van der Waals surface area contributed by atoms with E-state index in [0.717, 1.165) is 17.8 Å². The van der Waals surface area contributed by atoms with Gasteiger partial charge in [-0.2, -0.15) is 18.3 Å². The van der Waals surface area contributed by atoms with Crippen LogP contribution in [0.4, 0.5) is 24.7 Å². The minimum atomic E-state index is -4.40. The molecule has 1 aliphatic heterocycles. The van der Waals surface area contributed by atoms with Gasteiger partial charge in [-0.3, -0.25) is 9.36 Å². The van der Waals surface area contributed by atoms with Gasteiger partial charge in [0.2, 0.25) is 0 Å². The van der Waals surface area contributed by atoms with Crippen molar-refractivity contribution in [3.63, 3.8) is 0 Å². The van der Waals surface area contributed by atoms with Crippen molar-refractivity contribution in [2.75, 3.05) is 5.32 Å². The van der Waals surface area contributed by atoms with E-state index in [1.807, 2.05) is 44.2 Å². The number of aryl methyl sites for hydroxylation is 1. The van der Waals surface area contributed by atoms with Crippen LogP contribution in [0.5, 0.6) is 0 Å². The van der Waals surface area contributed by atoms with Crippen molar-refractivity contribution >= 4 is 28.9 Å². The highest BCUT2D eigenvalue weighted by atomic mass is 32.1. The molecule has 33 heavy (non-hydrogen) atoms. The third-order valence-electron chi connectivity index (χ3n) is 5.34. The molecule has 2 aromatic carbocycles. The minimum Gasteiger partial charge on any atom is -0.348 e. The van der Waals surface area contributed by atoms with Crippen molar-refractivity contribution in [2.45, 2.75) is 26.2 Å². The highest BCUT2D eigenvalue weighted by Gasteiger charge is 2.30. The summed E-state index contributed by atoms with van der Waals surface area (Å²) in [6.07, 6.45) is -3.24. The van der Waals surface area contributed by atoms with Gasteiger partial charge >= 0.3 is 6.18 Å². The summed E-state index contributed by atoms with van der Waals surface area (Å²) in [6, 6.07) is 14.3. The summed E-state index contributed by atoms with van der Waals surface area (Å²) in [7, 11) is 0. The van der Waals surface area contributed by atoms with E-state index in [-0.39, 0.29) is 5.56 Å². The van der Waals surface area contributed by atoms with Crippen molar-refractivity contribution in [3.05, 3.63) is 91.1 Å². The lowest BCUT2D eigenvalue weighted by atomic mass is 10.1. The molecular formula is C23H18F3N5OS. The Kier molecular flexibility index (Phi) is 4.97. The Balaban J connectivity index is 1.63. The van der Waals surface area contributed by atoms with E-state index in [1.54, 1.807) is 15.3 Å². The fourth-order valence-corrected chi connectivity index (χ4v) is 4.78. The molecule has 0 saturated heterocycles. The molecule has 0 bridgehead atoms. The zero-order valence-electron chi connectivity index (χ0n) is 17.6. The molecule has 0 saturated carbocycles. The zero-order valence-corrected chi connectivity index (χ0v) is 18.4. The quantitative estimate of drug-likeness (QED) is 0.480. The number of aromatic nitrogens is 3. The minimum absolute atomic E-state index is 0.263. The first-order chi connectivity index (χ1) is 15.7. The molecule has 0 radical (unpaired) electrons. The van der Waals surface area contributed by atoms with Gasteiger partial charge in [0.1, 0.15) is 11.9 Å². The van der Waals surface area contributed by atoms with Crippen LogP contribution in [-0.4, -0.2) is 14.3 Å². The zero-order chi connectivity index (χ0) is 23.3. The average molecular weight is 469 g/mol. The van der Waals surface area contributed by atoms with Gasteiger partial charge in [-0.05, 0) is 49.8 Å². The van der Waals surface area contributed by atoms with E-state index >= 15 is 0 Å². The van der Waals surface area contributed by atoms with Crippen LogP contribution in [0, 0.1) is 6.92 Å². The van der Waals surface area contributed by atoms with Crippen LogP contribution in [0.2, 0.25) is 0 Å². The molecule has 1 N–H and O–H groups in total. The number of rotatable bonds is 2. The van der Waals surface area contributed by atoms with Gasteiger partial charge in [-0.1, -0.05) is 41.7 Å². The Hall–Kier alpha value is -3.66. The number of hydrogen-bond acceptors (Lipinski definition) is 5. The summed E-state index contributed by atoms with van der Waals surface area (Å²) in [4.78, 5) is 18.4. The highest BCUT2D eigenvalue weighted by molar-refractivity contribution is 7.07. The molecule has 3 heterocycles. The Morgan fingerprint density at radius 1 is 1.09 bits per heavy atom. The van der Waals surface area contributed by atoms with Crippen LogP contribution in [0.25, 0.3) is 11.8 Å². The van der Waals surface area contributed by atoms with Crippen LogP contribution in [0.15, 0.2) is 64.4 Å². The van der Waals surface area contributed by atoms with Gasteiger partial charge in [0.25, 0.3) is 5.56 Å².